The molecule has 0 unspecified atom stereocenters. The molecule has 3 fully saturated rings. The molecule has 1 aromatic rings. The van der Waals surface area contributed by atoms with Crippen molar-refractivity contribution in [2.45, 2.75) is 51.0 Å². The van der Waals surface area contributed by atoms with Gasteiger partial charge in [0.05, 0.1) is 40.0 Å². The number of hydrogen-bond acceptors (Lipinski definition) is 6. The minimum Gasteiger partial charge on any atom is -0.493 e. The maximum Gasteiger partial charge on any atom is 0.226 e. The van der Waals surface area contributed by atoms with Gasteiger partial charge in [-0.15, -0.1) is 0 Å². The van der Waals surface area contributed by atoms with E-state index in [-0.39, 0.29) is 18.0 Å². The summed E-state index contributed by atoms with van der Waals surface area (Å²) >= 11 is 0. The molecule has 28 heavy (non-hydrogen) atoms. The van der Waals surface area contributed by atoms with Gasteiger partial charge in [0.25, 0.3) is 0 Å². The summed E-state index contributed by atoms with van der Waals surface area (Å²) < 4.78 is 22.9. The summed E-state index contributed by atoms with van der Waals surface area (Å²) in [6, 6.07) is 4.15. The second-order valence-electron chi connectivity index (χ2n) is 8.16. The van der Waals surface area contributed by atoms with Crippen LogP contribution in [0.25, 0.3) is 0 Å². The van der Waals surface area contributed by atoms with E-state index < -0.39 is 5.72 Å². The Morgan fingerprint density at radius 2 is 1.93 bits per heavy atom. The molecular formula is C21H30N2O5. The van der Waals surface area contributed by atoms with Crippen molar-refractivity contribution in [3.63, 3.8) is 0 Å². The van der Waals surface area contributed by atoms with Gasteiger partial charge in [0, 0.05) is 31.5 Å². The molecule has 3 aliphatic rings. The van der Waals surface area contributed by atoms with Crippen LogP contribution in [0.3, 0.4) is 0 Å². The molecule has 3 saturated heterocycles. The minimum absolute atomic E-state index is 0.0709. The van der Waals surface area contributed by atoms with Gasteiger partial charge in [0.2, 0.25) is 11.7 Å². The molecule has 4 rings (SSSR count). The van der Waals surface area contributed by atoms with Gasteiger partial charge in [-0.25, -0.2) is 0 Å². The maximum absolute atomic E-state index is 12.8. The molecular weight excluding hydrogens is 360 g/mol. The zero-order valence-electron chi connectivity index (χ0n) is 17.4. The summed E-state index contributed by atoms with van der Waals surface area (Å²) in [4.78, 5) is 17.2. The van der Waals surface area contributed by atoms with Crippen LogP contribution in [0.2, 0.25) is 0 Å². The maximum atomic E-state index is 12.8. The van der Waals surface area contributed by atoms with Gasteiger partial charge in [0.1, 0.15) is 0 Å². The van der Waals surface area contributed by atoms with E-state index >= 15 is 0 Å². The van der Waals surface area contributed by atoms with Crippen LogP contribution >= 0.6 is 0 Å². The lowest BCUT2D eigenvalue weighted by atomic mass is 10.0. The number of carbonyl (C=O) groups excluding carboxylic acids is 1. The summed E-state index contributed by atoms with van der Waals surface area (Å²) in [5.74, 6) is 2.52. The van der Waals surface area contributed by atoms with Crippen LogP contribution < -0.4 is 14.2 Å². The van der Waals surface area contributed by atoms with Crippen LogP contribution in [0.5, 0.6) is 17.2 Å². The van der Waals surface area contributed by atoms with E-state index in [9.17, 15) is 4.79 Å². The van der Waals surface area contributed by atoms with Crippen molar-refractivity contribution in [1.29, 1.82) is 0 Å². The molecule has 0 saturated carbocycles. The zero-order chi connectivity index (χ0) is 20.1. The summed E-state index contributed by atoms with van der Waals surface area (Å²) in [5, 5.41) is 0. The molecule has 1 spiro atoms. The zero-order valence-corrected chi connectivity index (χ0v) is 17.4. The highest BCUT2D eigenvalue weighted by molar-refractivity contribution is 5.82. The number of amides is 1. The normalized spacial score (nSPS) is 29.4. The second kappa shape index (κ2) is 7.12. The Morgan fingerprint density at radius 3 is 2.57 bits per heavy atom. The largest absolute Gasteiger partial charge is 0.493 e. The fourth-order valence-electron chi connectivity index (χ4n) is 5.15. The van der Waals surface area contributed by atoms with Gasteiger partial charge in [-0.3, -0.25) is 9.69 Å². The topological polar surface area (TPSA) is 60.5 Å². The lowest BCUT2D eigenvalue weighted by Crippen LogP contribution is -2.50. The average molecular weight is 390 g/mol. The number of ether oxygens (including phenoxy) is 4. The molecule has 1 aromatic carbocycles. The van der Waals surface area contributed by atoms with Crippen LogP contribution in [0.4, 0.5) is 0 Å². The Balaban J connectivity index is 1.61. The van der Waals surface area contributed by atoms with Gasteiger partial charge in [-0.2, -0.15) is 0 Å². The lowest BCUT2D eigenvalue weighted by molar-refractivity contribution is -0.139. The average Bonchev–Trinajstić information content (AvgIpc) is 3.31. The molecule has 1 amide bonds. The van der Waals surface area contributed by atoms with Crippen molar-refractivity contribution in [2.24, 2.45) is 5.92 Å². The number of hydrogen-bond donors (Lipinski definition) is 0. The highest BCUT2D eigenvalue weighted by atomic mass is 16.5. The molecule has 7 heteroatoms. The van der Waals surface area contributed by atoms with Gasteiger partial charge in [-0.1, -0.05) is 19.9 Å². The fourth-order valence-corrected chi connectivity index (χ4v) is 5.15. The minimum atomic E-state index is -0.462. The van der Waals surface area contributed by atoms with Crippen LogP contribution in [-0.4, -0.2) is 68.0 Å². The first-order valence-corrected chi connectivity index (χ1v) is 9.94. The number of methoxy groups -OCH3 is 3. The molecule has 0 aromatic heterocycles. The predicted octanol–water partition coefficient (Wildman–Crippen LogP) is 2.27. The summed E-state index contributed by atoms with van der Waals surface area (Å²) in [6.07, 6.45) is 1.36. The molecule has 154 valence electrons. The monoisotopic (exact) mass is 390 g/mol. The fraction of sp³-hybridized carbons (Fsp3) is 0.667. The smallest absolute Gasteiger partial charge is 0.226 e. The third-order valence-corrected chi connectivity index (χ3v) is 6.53. The Hall–Kier alpha value is -1.99. The molecule has 7 nitrogen and oxygen atoms in total. The SMILES string of the molecule is COc1ccc(CN2CC[C@@]34OC[C@@H](C(C)C)N3C(=O)C[C@@H]24)c(OC)c1OC. The number of rotatable bonds is 6. The third kappa shape index (κ3) is 2.67. The van der Waals surface area contributed by atoms with Gasteiger partial charge in [-0.05, 0) is 12.0 Å². The first kappa shape index (κ1) is 19.3. The Morgan fingerprint density at radius 1 is 1.18 bits per heavy atom. The van der Waals surface area contributed by atoms with E-state index in [4.69, 9.17) is 18.9 Å². The Labute approximate surface area is 166 Å². The van der Waals surface area contributed by atoms with Gasteiger partial charge in [0.15, 0.2) is 17.2 Å². The van der Waals surface area contributed by atoms with E-state index in [2.05, 4.69) is 18.7 Å². The first-order valence-electron chi connectivity index (χ1n) is 9.94. The lowest BCUT2D eigenvalue weighted by Gasteiger charge is -2.34. The molecule has 3 heterocycles. The molecule has 3 aliphatic heterocycles. The number of likely N-dealkylation sites (tertiary alicyclic amines) is 1. The number of nitrogens with zero attached hydrogens (tertiary/aromatic N) is 2. The quantitative estimate of drug-likeness (QED) is 0.743. The van der Waals surface area contributed by atoms with Crippen LogP contribution in [0.1, 0.15) is 32.3 Å². The highest BCUT2D eigenvalue weighted by Gasteiger charge is 2.64. The van der Waals surface area contributed by atoms with Crippen molar-refractivity contribution >= 4 is 5.91 Å². The number of carbonyl (C=O) groups is 1. The number of benzene rings is 1. The van der Waals surface area contributed by atoms with Crippen LogP contribution in [0, 0.1) is 5.92 Å². The van der Waals surface area contributed by atoms with Crippen molar-refractivity contribution < 1.29 is 23.7 Å². The van der Waals surface area contributed by atoms with E-state index in [1.807, 2.05) is 17.0 Å². The van der Waals surface area contributed by atoms with Crippen molar-refractivity contribution in [1.82, 2.24) is 9.80 Å². The van der Waals surface area contributed by atoms with Crippen molar-refractivity contribution in [3.05, 3.63) is 17.7 Å². The van der Waals surface area contributed by atoms with E-state index in [0.717, 1.165) is 18.5 Å². The van der Waals surface area contributed by atoms with Gasteiger partial charge < -0.3 is 23.8 Å². The first-order chi connectivity index (χ1) is 13.5. The Bertz CT molecular complexity index is 767. The van der Waals surface area contributed by atoms with Crippen LogP contribution in [-0.2, 0) is 16.1 Å². The molecule has 0 N–H and O–H groups in total. The molecule has 3 atom stereocenters. The highest BCUT2D eigenvalue weighted by Crippen LogP contribution is 2.50. The summed E-state index contributed by atoms with van der Waals surface area (Å²) in [7, 11) is 4.86. The summed E-state index contributed by atoms with van der Waals surface area (Å²) in [6.45, 7) is 6.51. The molecule has 0 aliphatic carbocycles. The van der Waals surface area contributed by atoms with E-state index in [0.29, 0.717) is 42.7 Å². The van der Waals surface area contributed by atoms with Crippen LogP contribution in [0.15, 0.2) is 12.1 Å². The van der Waals surface area contributed by atoms with E-state index in [1.165, 1.54) is 0 Å². The van der Waals surface area contributed by atoms with Crippen molar-refractivity contribution in [2.75, 3.05) is 34.5 Å². The predicted molar refractivity (Wildman–Crippen MR) is 104 cm³/mol. The standard InChI is InChI=1S/C21H30N2O5/c1-13(2)15-12-28-21-8-9-22(17(21)10-18(24)23(15)21)11-14-6-7-16(25-3)20(27-5)19(14)26-4/h6-7,13,15,17H,8-12H2,1-5H3/t15-,17+,21-/m0/s1. The molecule has 0 bridgehead atoms. The second-order valence-corrected chi connectivity index (χ2v) is 8.16. The summed E-state index contributed by atoms with van der Waals surface area (Å²) in [5.41, 5.74) is 0.553. The van der Waals surface area contributed by atoms with Crippen molar-refractivity contribution in [3.8, 4) is 17.2 Å². The van der Waals surface area contributed by atoms with E-state index in [1.54, 1.807) is 21.3 Å². The third-order valence-electron chi connectivity index (χ3n) is 6.53. The molecule has 0 radical (unpaired) electrons. The Kier molecular flexibility index (Phi) is 4.91. The van der Waals surface area contributed by atoms with Gasteiger partial charge >= 0.3 is 0 Å².